The molecule has 1 atom stereocenters. The number of rotatable bonds is 1. The van der Waals surface area contributed by atoms with Crippen LogP contribution in [-0.4, -0.2) is 24.7 Å². The molecule has 1 heterocycles. The standard InChI is InChI=1S/C14H21BrN2/c1-11-8-9-16-10-14(2,3)17(11)13-6-4-12(15)5-7-13/h4-7,11,16H,8-10H2,1-3H3. The van der Waals surface area contributed by atoms with Gasteiger partial charge in [-0.15, -0.1) is 0 Å². The lowest BCUT2D eigenvalue weighted by atomic mass is 9.99. The molecule has 1 aliphatic heterocycles. The average molecular weight is 297 g/mol. The molecule has 0 amide bonds. The summed E-state index contributed by atoms with van der Waals surface area (Å²) in [4.78, 5) is 2.54. The minimum absolute atomic E-state index is 0.156. The van der Waals surface area contributed by atoms with E-state index in [2.05, 4.69) is 71.2 Å². The normalized spacial score (nSPS) is 24.5. The summed E-state index contributed by atoms with van der Waals surface area (Å²) < 4.78 is 1.14. The minimum atomic E-state index is 0.156. The molecule has 0 aliphatic carbocycles. The molecular formula is C14H21BrN2. The molecular weight excluding hydrogens is 276 g/mol. The Morgan fingerprint density at radius 2 is 1.94 bits per heavy atom. The average Bonchev–Trinajstić information content (AvgIpc) is 2.39. The van der Waals surface area contributed by atoms with E-state index in [4.69, 9.17) is 0 Å². The Morgan fingerprint density at radius 1 is 1.29 bits per heavy atom. The van der Waals surface area contributed by atoms with Crippen molar-refractivity contribution in [2.45, 2.75) is 38.8 Å². The Morgan fingerprint density at radius 3 is 2.59 bits per heavy atom. The molecule has 17 heavy (non-hydrogen) atoms. The summed E-state index contributed by atoms with van der Waals surface area (Å²) in [6.45, 7) is 9.08. The fraction of sp³-hybridized carbons (Fsp3) is 0.571. The maximum atomic E-state index is 3.53. The summed E-state index contributed by atoms with van der Waals surface area (Å²) in [6, 6.07) is 9.22. The van der Waals surface area contributed by atoms with Crippen LogP contribution in [0.1, 0.15) is 27.2 Å². The van der Waals surface area contributed by atoms with Gasteiger partial charge in [0.2, 0.25) is 0 Å². The van der Waals surface area contributed by atoms with Crippen molar-refractivity contribution in [2.75, 3.05) is 18.0 Å². The van der Waals surface area contributed by atoms with E-state index < -0.39 is 0 Å². The predicted molar refractivity (Wildman–Crippen MR) is 77.6 cm³/mol. The van der Waals surface area contributed by atoms with Crippen LogP contribution in [0.15, 0.2) is 28.7 Å². The van der Waals surface area contributed by atoms with Crippen LogP contribution >= 0.6 is 15.9 Å². The number of benzene rings is 1. The maximum absolute atomic E-state index is 3.53. The zero-order valence-electron chi connectivity index (χ0n) is 10.8. The first kappa shape index (κ1) is 12.9. The largest absolute Gasteiger partial charge is 0.362 e. The molecule has 1 fully saturated rings. The lowest BCUT2D eigenvalue weighted by Crippen LogP contribution is -2.51. The van der Waals surface area contributed by atoms with E-state index in [1.54, 1.807) is 0 Å². The Labute approximate surface area is 113 Å². The van der Waals surface area contributed by atoms with Gasteiger partial charge in [-0.1, -0.05) is 15.9 Å². The molecule has 1 saturated heterocycles. The van der Waals surface area contributed by atoms with E-state index in [1.165, 1.54) is 12.1 Å². The highest BCUT2D eigenvalue weighted by atomic mass is 79.9. The number of halogens is 1. The van der Waals surface area contributed by atoms with Crippen LogP contribution in [0, 0.1) is 0 Å². The molecule has 0 bridgehead atoms. The second kappa shape index (κ2) is 4.99. The van der Waals surface area contributed by atoms with Gasteiger partial charge >= 0.3 is 0 Å². The highest BCUT2D eigenvalue weighted by Gasteiger charge is 2.32. The van der Waals surface area contributed by atoms with E-state index in [0.717, 1.165) is 17.6 Å². The third-order valence-corrected chi connectivity index (χ3v) is 4.02. The van der Waals surface area contributed by atoms with Crippen molar-refractivity contribution in [3.8, 4) is 0 Å². The Balaban J connectivity index is 2.34. The van der Waals surface area contributed by atoms with Gasteiger partial charge in [-0.2, -0.15) is 0 Å². The van der Waals surface area contributed by atoms with E-state index in [9.17, 15) is 0 Å². The quantitative estimate of drug-likeness (QED) is 0.854. The summed E-state index contributed by atoms with van der Waals surface area (Å²) in [7, 11) is 0. The molecule has 1 aliphatic rings. The van der Waals surface area contributed by atoms with Crippen LogP contribution in [-0.2, 0) is 0 Å². The summed E-state index contributed by atoms with van der Waals surface area (Å²) in [5.74, 6) is 0. The zero-order valence-corrected chi connectivity index (χ0v) is 12.4. The van der Waals surface area contributed by atoms with E-state index in [-0.39, 0.29) is 5.54 Å². The first-order valence-electron chi connectivity index (χ1n) is 6.26. The van der Waals surface area contributed by atoms with Gasteiger partial charge in [0, 0.05) is 28.3 Å². The topological polar surface area (TPSA) is 15.3 Å². The van der Waals surface area contributed by atoms with Crippen LogP contribution in [0.2, 0.25) is 0 Å². The molecule has 1 unspecified atom stereocenters. The van der Waals surface area contributed by atoms with Crippen molar-refractivity contribution >= 4 is 21.6 Å². The number of hydrogen-bond donors (Lipinski definition) is 1. The van der Waals surface area contributed by atoms with Crippen molar-refractivity contribution < 1.29 is 0 Å². The van der Waals surface area contributed by atoms with Gasteiger partial charge in [0.1, 0.15) is 0 Å². The Bertz CT molecular complexity index is 372. The molecule has 94 valence electrons. The number of nitrogens with one attached hydrogen (secondary N) is 1. The van der Waals surface area contributed by atoms with Crippen LogP contribution in [0.5, 0.6) is 0 Å². The molecule has 1 N–H and O–H groups in total. The van der Waals surface area contributed by atoms with Crippen molar-refractivity contribution in [1.29, 1.82) is 0 Å². The molecule has 0 aromatic heterocycles. The zero-order chi connectivity index (χ0) is 12.5. The Hall–Kier alpha value is -0.540. The molecule has 0 saturated carbocycles. The fourth-order valence-electron chi connectivity index (χ4n) is 2.72. The smallest absolute Gasteiger partial charge is 0.0473 e. The first-order valence-corrected chi connectivity index (χ1v) is 7.06. The van der Waals surface area contributed by atoms with Gasteiger partial charge in [0.15, 0.2) is 0 Å². The van der Waals surface area contributed by atoms with Gasteiger partial charge in [0.25, 0.3) is 0 Å². The number of hydrogen-bond acceptors (Lipinski definition) is 2. The van der Waals surface area contributed by atoms with Gasteiger partial charge in [-0.25, -0.2) is 0 Å². The van der Waals surface area contributed by atoms with Crippen molar-refractivity contribution in [3.63, 3.8) is 0 Å². The van der Waals surface area contributed by atoms with Crippen molar-refractivity contribution in [1.82, 2.24) is 5.32 Å². The summed E-state index contributed by atoms with van der Waals surface area (Å²) >= 11 is 3.50. The predicted octanol–water partition coefficient (Wildman–Crippen LogP) is 3.42. The number of anilines is 1. The third-order valence-electron chi connectivity index (χ3n) is 3.49. The summed E-state index contributed by atoms with van der Waals surface area (Å²) in [5.41, 5.74) is 1.47. The summed E-state index contributed by atoms with van der Waals surface area (Å²) in [6.07, 6.45) is 1.19. The van der Waals surface area contributed by atoms with Gasteiger partial charge < -0.3 is 10.2 Å². The van der Waals surface area contributed by atoms with Crippen LogP contribution in [0.3, 0.4) is 0 Å². The minimum Gasteiger partial charge on any atom is -0.362 e. The van der Waals surface area contributed by atoms with Crippen molar-refractivity contribution in [3.05, 3.63) is 28.7 Å². The van der Waals surface area contributed by atoms with E-state index in [0.29, 0.717) is 6.04 Å². The first-order chi connectivity index (χ1) is 8.00. The molecule has 1 aromatic carbocycles. The van der Waals surface area contributed by atoms with Gasteiger partial charge in [0.05, 0.1) is 0 Å². The highest BCUT2D eigenvalue weighted by molar-refractivity contribution is 9.10. The maximum Gasteiger partial charge on any atom is 0.0473 e. The Kier molecular flexibility index (Phi) is 3.79. The van der Waals surface area contributed by atoms with Gasteiger partial charge in [-0.3, -0.25) is 0 Å². The molecule has 0 spiro atoms. The lowest BCUT2D eigenvalue weighted by Gasteiger charge is -2.42. The van der Waals surface area contributed by atoms with Crippen LogP contribution in [0.4, 0.5) is 5.69 Å². The van der Waals surface area contributed by atoms with Crippen LogP contribution < -0.4 is 10.2 Å². The molecule has 0 radical (unpaired) electrons. The van der Waals surface area contributed by atoms with Crippen molar-refractivity contribution in [2.24, 2.45) is 0 Å². The third kappa shape index (κ3) is 2.83. The van der Waals surface area contributed by atoms with E-state index in [1.807, 2.05) is 0 Å². The fourth-order valence-corrected chi connectivity index (χ4v) is 2.99. The second-order valence-electron chi connectivity index (χ2n) is 5.47. The molecule has 1 aromatic rings. The number of nitrogens with zero attached hydrogens (tertiary/aromatic N) is 1. The lowest BCUT2D eigenvalue weighted by molar-refractivity contribution is 0.433. The summed E-state index contributed by atoms with van der Waals surface area (Å²) in [5, 5.41) is 3.53. The molecule has 2 nitrogen and oxygen atoms in total. The molecule has 2 rings (SSSR count). The second-order valence-corrected chi connectivity index (χ2v) is 6.39. The SMILES string of the molecule is CC1CCNCC(C)(C)N1c1ccc(Br)cc1. The van der Waals surface area contributed by atoms with E-state index >= 15 is 0 Å². The monoisotopic (exact) mass is 296 g/mol. The molecule has 3 heteroatoms. The van der Waals surface area contributed by atoms with Crippen LogP contribution in [0.25, 0.3) is 0 Å². The van der Waals surface area contributed by atoms with Gasteiger partial charge in [-0.05, 0) is 58.0 Å². The highest BCUT2D eigenvalue weighted by Crippen LogP contribution is 2.29.